The number of ether oxygens (including phenoxy) is 1. The van der Waals surface area contributed by atoms with E-state index in [-0.39, 0.29) is 29.9 Å². The molecule has 1 N–H and O–H groups in total. The van der Waals surface area contributed by atoms with Gasteiger partial charge in [-0.2, -0.15) is 0 Å². The molecular formula is C24H15F3O4. The molecule has 0 fully saturated rings. The van der Waals surface area contributed by atoms with Gasteiger partial charge in [0.25, 0.3) is 0 Å². The monoisotopic (exact) mass is 424 g/mol. The van der Waals surface area contributed by atoms with Crippen LogP contribution < -0.4 is 4.74 Å². The van der Waals surface area contributed by atoms with Gasteiger partial charge in [-0.25, -0.2) is 18.0 Å². The first kappa shape index (κ1) is 20.4. The fourth-order valence-electron chi connectivity index (χ4n) is 3.37. The van der Waals surface area contributed by atoms with E-state index in [0.29, 0.717) is 22.4 Å². The summed E-state index contributed by atoms with van der Waals surface area (Å²) in [5.41, 5.74) is 2.53. The third kappa shape index (κ3) is 4.21. The number of allylic oxidation sites excluding steroid dienone is 1. The number of carbonyl (C=O) groups is 2. The number of carbonyl (C=O) groups excluding carboxylic acids is 1. The number of carboxylic acids is 1. The van der Waals surface area contributed by atoms with E-state index >= 15 is 0 Å². The lowest BCUT2D eigenvalue weighted by molar-refractivity contribution is 0.0696. The smallest absolute Gasteiger partial charge is 0.335 e. The Morgan fingerprint density at radius 1 is 1.00 bits per heavy atom. The number of rotatable bonds is 5. The van der Waals surface area contributed by atoms with Crippen LogP contribution in [-0.2, 0) is 13.0 Å². The topological polar surface area (TPSA) is 63.6 Å². The summed E-state index contributed by atoms with van der Waals surface area (Å²) in [6, 6.07) is 12.9. The second-order valence-electron chi connectivity index (χ2n) is 7.08. The molecule has 3 aromatic carbocycles. The third-order valence-corrected chi connectivity index (χ3v) is 4.95. The summed E-state index contributed by atoms with van der Waals surface area (Å²) in [6.45, 7) is 0.212. The second-order valence-corrected chi connectivity index (χ2v) is 7.08. The Morgan fingerprint density at radius 3 is 2.32 bits per heavy atom. The maximum atomic E-state index is 13.4. The molecule has 156 valence electrons. The van der Waals surface area contributed by atoms with Gasteiger partial charge in [-0.05, 0) is 65.2 Å². The number of aromatic carboxylic acids is 1. The van der Waals surface area contributed by atoms with Gasteiger partial charge in [0.05, 0.1) is 5.56 Å². The zero-order valence-corrected chi connectivity index (χ0v) is 16.0. The van der Waals surface area contributed by atoms with E-state index in [1.165, 1.54) is 18.2 Å². The Hall–Kier alpha value is -3.87. The van der Waals surface area contributed by atoms with Gasteiger partial charge in [-0.1, -0.05) is 12.1 Å². The van der Waals surface area contributed by atoms with E-state index in [9.17, 15) is 22.8 Å². The van der Waals surface area contributed by atoms with Crippen LogP contribution in [0.2, 0.25) is 0 Å². The van der Waals surface area contributed by atoms with Crippen LogP contribution >= 0.6 is 0 Å². The Morgan fingerprint density at radius 2 is 1.68 bits per heavy atom. The molecule has 0 saturated heterocycles. The molecule has 7 heteroatoms. The highest BCUT2D eigenvalue weighted by Crippen LogP contribution is 2.31. The summed E-state index contributed by atoms with van der Waals surface area (Å²) in [7, 11) is 0. The number of benzene rings is 3. The lowest BCUT2D eigenvalue weighted by Crippen LogP contribution is -1.99. The third-order valence-electron chi connectivity index (χ3n) is 4.95. The molecule has 0 aliphatic heterocycles. The Bertz CT molecular complexity index is 1210. The summed E-state index contributed by atoms with van der Waals surface area (Å²) >= 11 is 0. The van der Waals surface area contributed by atoms with E-state index in [1.54, 1.807) is 30.3 Å². The van der Waals surface area contributed by atoms with Crippen molar-refractivity contribution in [2.24, 2.45) is 0 Å². The average Bonchev–Trinajstić information content (AvgIpc) is 3.05. The second kappa shape index (κ2) is 8.10. The van der Waals surface area contributed by atoms with E-state index in [0.717, 1.165) is 17.7 Å². The van der Waals surface area contributed by atoms with Crippen molar-refractivity contribution in [1.82, 2.24) is 0 Å². The minimum Gasteiger partial charge on any atom is -0.489 e. The highest BCUT2D eigenvalue weighted by atomic mass is 19.2. The highest BCUT2D eigenvalue weighted by molar-refractivity contribution is 6.15. The molecule has 0 saturated carbocycles. The molecule has 31 heavy (non-hydrogen) atoms. The van der Waals surface area contributed by atoms with Crippen molar-refractivity contribution in [3.8, 4) is 5.75 Å². The lowest BCUT2D eigenvalue weighted by atomic mass is 10.1. The first-order valence-electron chi connectivity index (χ1n) is 9.29. The average molecular weight is 424 g/mol. The zero-order chi connectivity index (χ0) is 22.1. The molecule has 0 bridgehead atoms. The fraction of sp³-hybridized carbons (Fsp3) is 0.0833. The van der Waals surface area contributed by atoms with Crippen LogP contribution in [0.15, 0.2) is 60.2 Å². The molecule has 0 heterocycles. The van der Waals surface area contributed by atoms with E-state index in [1.807, 2.05) is 0 Å². The van der Waals surface area contributed by atoms with E-state index in [4.69, 9.17) is 9.84 Å². The number of hydrogen-bond donors (Lipinski definition) is 1. The van der Waals surface area contributed by atoms with Gasteiger partial charge in [0.2, 0.25) is 0 Å². The van der Waals surface area contributed by atoms with Crippen LogP contribution in [-0.4, -0.2) is 16.9 Å². The quantitative estimate of drug-likeness (QED) is 0.452. The number of carboxylic acid groups (broad SMARTS) is 1. The van der Waals surface area contributed by atoms with Gasteiger partial charge >= 0.3 is 5.97 Å². The minimum atomic E-state index is -1.55. The van der Waals surface area contributed by atoms with Crippen LogP contribution in [0, 0.1) is 17.5 Å². The molecule has 1 aliphatic rings. The van der Waals surface area contributed by atoms with Crippen molar-refractivity contribution in [1.29, 1.82) is 0 Å². The molecule has 4 rings (SSSR count). The number of halogens is 3. The number of ketones is 1. The molecule has 0 unspecified atom stereocenters. The molecule has 0 spiro atoms. The number of Topliss-reactive ketones (excluding diaryl/α,β-unsaturated/α-hetero) is 1. The summed E-state index contributed by atoms with van der Waals surface area (Å²) in [6.07, 6.45) is 1.59. The molecule has 0 amide bonds. The highest BCUT2D eigenvalue weighted by Gasteiger charge is 2.25. The molecule has 0 radical (unpaired) electrons. The number of fused-ring (bicyclic) bond motifs is 1. The molecule has 0 atom stereocenters. The standard InChI is InChI=1S/C24H15F3O4/c25-20-8-14(9-21(26)22(20)27)7-17-10-16-11-18(5-6-19(16)23(17)28)31-12-13-1-3-15(4-2-13)24(29)30/h1-9,11H,10,12H2,(H,29,30)/b17-7+. The van der Waals surface area contributed by atoms with Crippen LogP contribution in [0.1, 0.15) is 37.4 Å². The maximum absolute atomic E-state index is 13.4. The van der Waals surface area contributed by atoms with Gasteiger partial charge in [-0.3, -0.25) is 4.79 Å². The Labute approximate surface area is 175 Å². The summed E-state index contributed by atoms with van der Waals surface area (Å²) in [5.74, 6) is -4.94. The first-order chi connectivity index (χ1) is 14.8. The molecule has 1 aliphatic carbocycles. The van der Waals surface area contributed by atoms with Crippen LogP contribution in [0.5, 0.6) is 5.75 Å². The predicted molar refractivity (Wildman–Crippen MR) is 107 cm³/mol. The minimum absolute atomic E-state index is 0.0637. The predicted octanol–water partition coefficient (Wildman–Crippen LogP) is 5.20. The van der Waals surface area contributed by atoms with Crippen LogP contribution in [0.3, 0.4) is 0 Å². The molecule has 0 aromatic heterocycles. The van der Waals surface area contributed by atoms with Crippen molar-refractivity contribution in [2.75, 3.05) is 0 Å². The number of hydrogen-bond acceptors (Lipinski definition) is 3. The van der Waals surface area contributed by atoms with Gasteiger partial charge in [0.1, 0.15) is 12.4 Å². The van der Waals surface area contributed by atoms with Gasteiger partial charge in [0, 0.05) is 17.6 Å². The fourth-order valence-corrected chi connectivity index (χ4v) is 3.37. The summed E-state index contributed by atoms with van der Waals surface area (Å²) in [5, 5.41) is 8.93. The molecule has 3 aromatic rings. The Balaban J connectivity index is 1.50. The molecule has 4 nitrogen and oxygen atoms in total. The largest absolute Gasteiger partial charge is 0.489 e. The van der Waals surface area contributed by atoms with Crippen LogP contribution in [0.4, 0.5) is 13.2 Å². The summed E-state index contributed by atoms with van der Waals surface area (Å²) in [4.78, 5) is 23.5. The maximum Gasteiger partial charge on any atom is 0.335 e. The van der Waals surface area contributed by atoms with Crippen molar-refractivity contribution in [3.63, 3.8) is 0 Å². The van der Waals surface area contributed by atoms with E-state index < -0.39 is 23.4 Å². The van der Waals surface area contributed by atoms with Crippen molar-refractivity contribution in [2.45, 2.75) is 13.0 Å². The van der Waals surface area contributed by atoms with Crippen molar-refractivity contribution < 1.29 is 32.6 Å². The zero-order valence-electron chi connectivity index (χ0n) is 16.0. The lowest BCUT2D eigenvalue weighted by Gasteiger charge is -2.08. The van der Waals surface area contributed by atoms with Crippen molar-refractivity contribution in [3.05, 3.63) is 105 Å². The first-order valence-corrected chi connectivity index (χ1v) is 9.29. The SMILES string of the molecule is O=C(O)c1ccc(COc2ccc3c(c2)C/C(=C\c2cc(F)c(F)c(F)c2)C3=O)cc1. The van der Waals surface area contributed by atoms with E-state index in [2.05, 4.69) is 0 Å². The van der Waals surface area contributed by atoms with Crippen LogP contribution in [0.25, 0.3) is 6.08 Å². The van der Waals surface area contributed by atoms with Gasteiger partial charge < -0.3 is 9.84 Å². The summed E-state index contributed by atoms with van der Waals surface area (Å²) < 4.78 is 45.7. The normalized spacial score (nSPS) is 14.0. The van der Waals surface area contributed by atoms with Gasteiger partial charge in [-0.15, -0.1) is 0 Å². The molecular weight excluding hydrogens is 409 g/mol. The van der Waals surface area contributed by atoms with Gasteiger partial charge in [0.15, 0.2) is 23.2 Å². The Kier molecular flexibility index (Phi) is 5.33. The van der Waals surface area contributed by atoms with Crippen molar-refractivity contribution >= 4 is 17.8 Å².